The fourth-order valence-corrected chi connectivity index (χ4v) is 8.32. The first-order chi connectivity index (χ1) is 18.0. The average Bonchev–Trinajstić information content (AvgIpc) is 3.27. The van der Waals surface area contributed by atoms with Crippen LogP contribution in [0.5, 0.6) is 0 Å². The van der Waals surface area contributed by atoms with Crippen LogP contribution in [0.15, 0.2) is 0 Å². The van der Waals surface area contributed by atoms with Gasteiger partial charge in [-0.25, -0.2) is 0 Å². The second kappa shape index (κ2) is 10.8. The minimum absolute atomic E-state index is 0.0199. The highest BCUT2D eigenvalue weighted by molar-refractivity contribution is 7.87. The van der Waals surface area contributed by atoms with Crippen LogP contribution in [0.2, 0.25) is 0 Å². The maximum absolute atomic E-state index is 13.6. The molecule has 0 aliphatic heterocycles. The van der Waals surface area contributed by atoms with Crippen molar-refractivity contribution in [2.75, 3.05) is 6.61 Å². The zero-order valence-corrected chi connectivity index (χ0v) is 22.4. The van der Waals surface area contributed by atoms with Crippen molar-refractivity contribution in [3.05, 3.63) is 0 Å². The number of hydrogen-bond donors (Lipinski definition) is 1. The van der Waals surface area contributed by atoms with Gasteiger partial charge in [-0.15, -0.1) is 0 Å². The Morgan fingerprint density at radius 2 is 1.64 bits per heavy atom. The fourth-order valence-electron chi connectivity index (χ4n) is 7.84. The summed E-state index contributed by atoms with van der Waals surface area (Å²) in [5, 5.41) is -5.72. The number of carbonyl (C=O) groups is 4. The van der Waals surface area contributed by atoms with Crippen LogP contribution < -0.4 is 0 Å². The van der Waals surface area contributed by atoms with Gasteiger partial charge in [-0.05, 0) is 61.2 Å². The number of ketones is 3. The van der Waals surface area contributed by atoms with Gasteiger partial charge in [0.25, 0.3) is 0 Å². The van der Waals surface area contributed by atoms with Crippen molar-refractivity contribution in [3.8, 4) is 0 Å². The number of ether oxygens (including phenoxy) is 1. The van der Waals surface area contributed by atoms with Crippen LogP contribution in [-0.2, 0) is 34.0 Å². The molecule has 0 amide bonds. The van der Waals surface area contributed by atoms with Crippen molar-refractivity contribution in [2.24, 2.45) is 47.3 Å². The lowest BCUT2D eigenvalue weighted by Gasteiger charge is -2.50. The summed E-state index contributed by atoms with van der Waals surface area (Å²) >= 11 is 0. The standard InChI is InChI=1S/C26H34F4O8S/c1-13(2-7-22(34)38-9-8-25(27,28)26(29,30)39(35,36)37)16-5-6-18-23(16)21(33)12-19-17-4-3-15(31)10-14(17)11-20(32)24(18)19/h13-14,16-19,23-24H,2-12H2,1H3,(H,35,36,37). The van der Waals surface area contributed by atoms with E-state index in [0.717, 1.165) is 12.8 Å². The Hall–Kier alpha value is -1.89. The van der Waals surface area contributed by atoms with Crippen LogP contribution in [-0.4, -0.2) is 54.1 Å². The Morgan fingerprint density at radius 3 is 2.31 bits per heavy atom. The van der Waals surface area contributed by atoms with Gasteiger partial charge < -0.3 is 4.74 Å². The number of esters is 1. The Bertz CT molecular complexity index is 1120. The molecule has 0 spiro atoms. The molecular formula is C26H34F4O8S. The number of halogens is 4. The number of carbonyl (C=O) groups excluding carboxylic acids is 4. The van der Waals surface area contributed by atoms with E-state index in [9.17, 15) is 45.2 Å². The Kier molecular flexibility index (Phi) is 8.35. The van der Waals surface area contributed by atoms with Crippen molar-refractivity contribution in [2.45, 2.75) is 82.3 Å². The number of Topliss-reactive ketones (excluding diaryl/α,β-unsaturated/α-hetero) is 3. The summed E-state index contributed by atoms with van der Waals surface area (Å²) in [6, 6.07) is 0. The summed E-state index contributed by atoms with van der Waals surface area (Å²) in [5.74, 6) is -6.15. The van der Waals surface area contributed by atoms with E-state index in [0.29, 0.717) is 32.1 Å². The molecule has 4 saturated carbocycles. The molecule has 4 aliphatic rings. The van der Waals surface area contributed by atoms with Crippen LogP contribution in [0.25, 0.3) is 0 Å². The molecule has 220 valence electrons. The van der Waals surface area contributed by atoms with Crippen molar-refractivity contribution < 1.29 is 54.4 Å². The van der Waals surface area contributed by atoms with E-state index in [4.69, 9.17) is 4.55 Å². The summed E-state index contributed by atoms with van der Waals surface area (Å²) in [4.78, 5) is 50.5. The maximum atomic E-state index is 13.6. The van der Waals surface area contributed by atoms with E-state index in [1.54, 1.807) is 0 Å². The topological polar surface area (TPSA) is 132 Å². The molecule has 4 fully saturated rings. The van der Waals surface area contributed by atoms with Crippen molar-refractivity contribution in [1.29, 1.82) is 0 Å². The first-order valence-electron chi connectivity index (χ1n) is 13.5. The summed E-state index contributed by atoms with van der Waals surface area (Å²) < 4.78 is 87.7. The molecule has 0 aromatic rings. The Labute approximate surface area is 224 Å². The van der Waals surface area contributed by atoms with Crippen molar-refractivity contribution in [3.63, 3.8) is 0 Å². The van der Waals surface area contributed by atoms with Gasteiger partial charge in [0.15, 0.2) is 0 Å². The van der Waals surface area contributed by atoms with Crippen LogP contribution in [0, 0.1) is 47.3 Å². The van der Waals surface area contributed by atoms with E-state index < -0.39 is 40.3 Å². The highest BCUT2D eigenvalue weighted by Crippen LogP contribution is 2.58. The minimum atomic E-state index is -6.36. The monoisotopic (exact) mass is 582 g/mol. The largest absolute Gasteiger partial charge is 0.465 e. The molecule has 0 aromatic heterocycles. The molecule has 0 bridgehead atoms. The SMILES string of the molecule is CC(CCC(=O)OCCC(F)(F)C(F)(F)S(=O)(=O)O)C1CCC2C1C(=O)CC1C3CCC(=O)CC3CC(=O)C12. The third kappa shape index (κ3) is 5.67. The molecule has 0 saturated heterocycles. The van der Waals surface area contributed by atoms with Crippen LogP contribution in [0.1, 0.15) is 71.1 Å². The quantitative estimate of drug-likeness (QED) is 0.242. The highest BCUT2D eigenvalue weighted by atomic mass is 32.2. The molecule has 0 aromatic carbocycles. The van der Waals surface area contributed by atoms with E-state index in [1.807, 2.05) is 6.92 Å². The lowest BCUT2D eigenvalue weighted by Crippen LogP contribution is -2.52. The lowest BCUT2D eigenvalue weighted by molar-refractivity contribution is -0.174. The summed E-state index contributed by atoms with van der Waals surface area (Å²) in [6.45, 7) is 0.697. The second-order valence-corrected chi connectivity index (χ2v) is 13.3. The van der Waals surface area contributed by atoms with Crippen LogP contribution in [0.3, 0.4) is 0 Å². The second-order valence-electron chi connectivity index (χ2n) is 11.8. The van der Waals surface area contributed by atoms with Gasteiger partial charge in [0.05, 0.1) is 13.0 Å². The number of hydrogen-bond acceptors (Lipinski definition) is 7. The number of fused-ring (bicyclic) bond motifs is 5. The van der Waals surface area contributed by atoms with Gasteiger partial charge in [0.2, 0.25) is 0 Å². The molecule has 8 unspecified atom stereocenters. The van der Waals surface area contributed by atoms with Gasteiger partial charge in [0, 0.05) is 43.9 Å². The smallest absolute Gasteiger partial charge is 0.431 e. The van der Waals surface area contributed by atoms with E-state index in [1.165, 1.54) is 0 Å². The Morgan fingerprint density at radius 1 is 0.974 bits per heavy atom. The van der Waals surface area contributed by atoms with Gasteiger partial charge in [-0.1, -0.05) is 6.92 Å². The van der Waals surface area contributed by atoms with Gasteiger partial charge in [-0.3, -0.25) is 23.7 Å². The molecule has 4 rings (SSSR count). The van der Waals surface area contributed by atoms with Crippen LogP contribution in [0.4, 0.5) is 17.6 Å². The predicted octanol–water partition coefficient (Wildman–Crippen LogP) is 4.26. The molecule has 39 heavy (non-hydrogen) atoms. The van der Waals surface area contributed by atoms with Crippen molar-refractivity contribution in [1.82, 2.24) is 0 Å². The first kappa shape index (κ1) is 30.1. The summed E-state index contributed by atoms with van der Waals surface area (Å²) in [6.07, 6.45) is 2.01. The molecule has 8 atom stereocenters. The first-order valence-corrected chi connectivity index (χ1v) is 14.9. The average molecular weight is 583 g/mol. The number of rotatable bonds is 9. The molecule has 8 nitrogen and oxygen atoms in total. The van der Waals surface area contributed by atoms with E-state index in [2.05, 4.69) is 4.74 Å². The van der Waals surface area contributed by atoms with Crippen molar-refractivity contribution >= 4 is 33.4 Å². The predicted molar refractivity (Wildman–Crippen MR) is 127 cm³/mol. The summed E-state index contributed by atoms with van der Waals surface area (Å²) in [7, 11) is -6.36. The van der Waals surface area contributed by atoms with Gasteiger partial charge in [0.1, 0.15) is 17.3 Å². The minimum Gasteiger partial charge on any atom is -0.465 e. The molecule has 13 heteroatoms. The van der Waals surface area contributed by atoms with E-state index in [-0.39, 0.29) is 77.5 Å². The van der Waals surface area contributed by atoms with Gasteiger partial charge >= 0.3 is 27.3 Å². The summed E-state index contributed by atoms with van der Waals surface area (Å²) in [5.41, 5.74) is 0. The van der Waals surface area contributed by atoms with Crippen LogP contribution >= 0.6 is 0 Å². The zero-order valence-electron chi connectivity index (χ0n) is 21.6. The fraction of sp³-hybridized carbons (Fsp3) is 0.846. The zero-order chi connectivity index (χ0) is 28.9. The maximum Gasteiger partial charge on any atom is 0.431 e. The molecule has 1 N–H and O–H groups in total. The Balaban J connectivity index is 1.30. The molecule has 0 heterocycles. The normalized spacial score (nSPS) is 34.2. The van der Waals surface area contributed by atoms with E-state index >= 15 is 0 Å². The third-order valence-electron chi connectivity index (χ3n) is 9.69. The lowest BCUT2D eigenvalue weighted by atomic mass is 9.52. The third-order valence-corrected chi connectivity index (χ3v) is 10.6. The van der Waals surface area contributed by atoms with Gasteiger partial charge in [-0.2, -0.15) is 26.0 Å². The molecule has 0 radical (unpaired) electrons. The highest BCUT2D eigenvalue weighted by Gasteiger charge is 2.65. The molecular weight excluding hydrogens is 548 g/mol. The number of alkyl halides is 4. The molecule has 4 aliphatic carbocycles.